The van der Waals surface area contributed by atoms with Crippen molar-refractivity contribution < 1.29 is 10.0 Å². The molecule has 0 aliphatic rings. The molecule has 1 heterocycles. The Morgan fingerprint density at radius 3 is 2.16 bits per heavy atom. The van der Waals surface area contributed by atoms with Gasteiger partial charge in [0, 0.05) is 24.0 Å². The number of hydrogen-bond donors (Lipinski definition) is 3. The molecule has 7 nitrogen and oxygen atoms in total. The van der Waals surface area contributed by atoms with E-state index in [2.05, 4.69) is 28.0 Å². The van der Waals surface area contributed by atoms with Gasteiger partial charge in [-0.05, 0) is 44.2 Å². The number of terminal acetylenes is 1. The summed E-state index contributed by atoms with van der Waals surface area (Å²) in [7, 11) is 1.57. The van der Waals surface area contributed by atoms with Crippen LogP contribution in [0.4, 0.5) is 17.2 Å². The Kier molecular flexibility index (Phi) is 8.17. The number of nitrogens with zero attached hydrogens (tertiary/aromatic N) is 2. The first-order valence-electron chi connectivity index (χ1n) is 9.44. The minimum absolute atomic E-state index is 0.151. The summed E-state index contributed by atoms with van der Waals surface area (Å²) in [6.07, 6.45) is 4.60. The molecule has 0 unspecified atom stereocenters. The molecule has 0 atom stereocenters. The van der Waals surface area contributed by atoms with Crippen LogP contribution in [0.5, 0.6) is 0 Å². The Labute approximate surface area is 181 Å². The van der Waals surface area contributed by atoms with Crippen molar-refractivity contribution >= 4 is 28.8 Å². The lowest BCUT2D eigenvalue weighted by atomic mass is 10.1. The third-order valence-electron chi connectivity index (χ3n) is 4.13. The van der Waals surface area contributed by atoms with Crippen LogP contribution in [0.1, 0.15) is 29.8 Å². The van der Waals surface area contributed by atoms with Crippen molar-refractivity contribution in [2.75, 3.05) is 17.7 Å². The number of benzene rings is 2. The van der Waals surface area contributed by atoms with Crippen molar-refractivity contribution in [1.29, 1.82) is 0 Å². The number of nitrogens with one attached hydrogen (secondary N) is 2. The van der Waals surface area contributed by atoms with Crippen molar-refractivity contribution in [3.05, 3.63) is 88.2 Å². The van der Waals surface area contributed by atoms with E-state index < -0.39 is 11.5 Å². The molecule has 0 aliphatic heterocycles. The minimum atomic E-state index is -0.825. The quantitative estimate of drug-likeness (QED) is 0.331. The largest absolute Gasteiger partial charge is 0.423 e. The van der Waals surface area contributed by atoms with Gasteiger partial charge in [-0.1, -0.05) is 36.4 Å². The predicted molar refractivity (Wildman–Crippen MR) is 125 cm³/mol. The highest BCUT2D eigenvalue weighted by Crippen LogP contribution is 2.19. The summed E-state index contributed by atoms with van der Waals surface area (Å²) in [4.78, 5) is 29.6. The summed E-state index contributed by atoms with van der Waals surface area (Å²) in [5, 5.41) is 15.7. The topological polar surface area (TPSA) is 95.7 Å². The van der Waals surface area contributed by atoms with Gasteiger partial charge in [-0.3, -0.25) is 14.6 Å². The number of pyridine rings is 1. The van der Waals surface area contributed by atoms with Gasteiger partial charge in [0.05, 0.1) is 5.69 Å². The fourth-order valence-corrected chi connectivity index (χ4v) is 2.76. The maximum atomic E-state index is 12.6. The number of rotatable bonds is 5. The van der Waals surface area contributed by atoms with Gasteiger partial charge in [-0.15, -0.1) is 17.1 Å². The third-order valence-corrected chi connectivity index (χ3v) is 4.13. The highest BCUT2D eigenvalue weighted by Gasteiger charge is 2.20. The second-order valence-electron chi connectivity index (χ2n) is 6.33. The molecule has 0 fully saturated rings. The molecule has 0 bridgehead atoms. The van der Waals surface area contributed by atoms with Gasteiger partial charge < -0.3 is 15.8 Å². The molecule has 0 saturated carbocycles. The monoisotopic (exact) mass is 416 g/mol. The van der Waals surface area contributed by atoms with E-state index in [0.29, 0.717) is 27.4 Å². The average molecular weight is 416 g/mol. The van der Waals surface area contributed by atoms with E-state index in [1.807, 2.05) is 36.4 Å². The van der Waals surface area contributed by atoms with Crippen LogP contribution in [0.15, 0.2) is 76.5 Å². The van der Waals surface area contributed by atoms with Crippen LogP contribution in [-0.4, -0.2) is 28.6 Å². The highest BCUT2D eigenvalue weighted by atomic mass is 16.5. The first-order chi connectivity index (χ1) is 14.9. The van der Waals surface area contributed by atoms with Crippen molar-refractivity contribution in [2.45, 2.75) is 13.8 Å². The van der Waals surface area contributed by atoms with E-state index >= 15 is 0 Å². The summed E-state index contributed by atoms with van der Waals surface area (Å²) in [5.41, 5.74) is 1.22. The van der Waals surface area contributed by atoms with Gasteiger partial charge in [0.1, 0.15) is 5.56 Å². The molecule has 7 heteroatoms. The van der Waals surface area contributed by atoms with Gasteiger partial charge in [0.2, 0.25) is 0 Å². The van der Waals surface area contributed by atoms with Gasteiger partial charge in [-0.2, -0.15) is 0 Å². The van der Waals surface area contributed by atoms with E-state index in [1.54, 1.807) is 45.2 Å². The number of anilines is 2. The second-order valence-corrected chi connectivity index (χ2v) is 6.33. The van der Waals surface area contributed by atoms with E-state index in [-0.39, 0.29) is 11.4 Å². The summed E-state index contributed by atoms with van der Waals surface area (Å²) < 4.78 is 0.430. The van der Waals surface area contributed by atoms with Crippen molar-refractivity contribution in [3.63, 3.8) is 0 Å². The molecule has 3 N–H and O–H groups in total. The van der Waals surface area contributed by atoms with Crippen molar-refractivity contribution in [2.24, 2.45) is 4.99 Å². The predicted octanol–water partition coefficient (Wildman–Crippen LogP) is 4.16. The standard InChI is InChI=1S/C21H20N4O3.C3H4/c1-14(23-15-9-5-3-6-10-15)17-13-18(21(27)25(28)19(17)22-2)20(26)24-16-11-7-4-8-12-16;1-3-2/h3-13,22,28H,1-2H3,(H,24,26);1H,2H3. The van der Waals surface area contributed by atoms with Gasteiger partial charge in [0.25, 0.3) is 11.5 Å². The molecule has 3 rings (SSSR count). The summed E-state index contributed by atoms with van der Waals surface area (Å²) in [6.45, 7) is 3.40. The van der Waals surface area contributed by atoms with Gasteiger partial charge in [0.15, 0.2) is 5.82 Å². The highest BCUT2D eigenvalue weighted by molar-refractivity contribution is 6.09. The Bertz CT molecular complexity index is 1160. The number of carbonyl (C=O) groups is 1. The normalized spacial score (nSPS) is 10.3. The van der Waals surface area contributed by atoms with E-state index in [0.717, 1.165) is 0 Å². The van der Waals surface area contributed by atoms with E-state index in [9.17, 15) is 14.8 Å². The molecule has 0 radical (unpaired) electrons. The number of carbonyl (C=O) groups excluding carboxylic acids is 1. The lowest BCUT2D eigenvalue weighted by Crippen LogP contribution is -2.31. The molecule has 158 valence electrons. The molecular weight excluding hydrogens is 392 g/mol. The fraction of sp³-hybridized carbons (Fsp3) is 0.125. The molecule has 1 amide bonds. The maximum absolute atomic E-state index is 12.6. The van der Waals surface area contributed by atoms with E-state index in [4.69, 9.17) is 0 Å². The first kappa shape index (κ1) is 23.0. The van der Waals surface area contributed by atoms with Crippen LogP contribution in [-0.2, 0) is 0 Å². The van der Waals surface area contributed by atoms with Crippen LogP contribution in [0.3, 0.4) is 0 Å². The Balaban J connectivity index is 0.00000107. The lowest BCUT2D eigenvalue weighted by Gasteiger charge is -2.14. The molecule has 1 aromatic heterocycles. The average Bonchev–Trinajstić information content (AvgIpc) is 2.77. The smallest absolute Gasteiger partial charge is 0.297 e. The van der Waals surface area contributed by atoms with Crippen LogP contribution < -0.4 is 16.2 Å². The second kappa shape index (κ2) is 11.0. The zero-order valence-electron chi connectivity index (χ0n) is 17.6. The summed E-state index contributed by atoms with van der Waals surface area (Å²) >= 11 is 0. The van der Waals surface area contributed by atoms with Gasteiger partial charge in [-0.25, -0.2) is 0 Å². The van der Waals surface area contributed by atoms with Crippen molar-refractivity contribution in [3.8, 4) is 12.3 Å². The lowest BCUT2D eigenvalue weighted by molar-refractivity contribution is 0.101. The summed E-state index contributed by atoms with van der Waals surface area (Å²) in [5.74, 6) is 1.79. The first-order valence-corrected chi connectivity index (χ1v) is 9.44. The molecule has 0 spiro atoms. The van der Waals surface area contributed by atoms with Crippen LogP contribution >= 0.6 is 0 Å². The SMILES string of the molecule is C#CC.CNc1c(C(C)=Nc2ccccc2)cc(C(=O)Nc2ccccc2)c(=O)n1O. The molecular formula is C24H24N4O3. The molecule has 3 aromatic rings. The zero-order chi connectivity index (χ0) is 22.8. The Hall–Kier alpha value is -4.31. The maximum Gasteiger partial charge on any atom is 0.297 e. The minimum Gasteiger partial charge on any atom is -0.423 e. The van der Waals surface area contributed by atoms with E-state index in [1.165, 1.54) is 6.07 Å². The number of aromatic nitrogens is 1. The van der Waals surface area contributed by atoms with Crippen molar-refractivity contribution in [1.82, 2.24) is 4.73 Å². The molecule has 0 saturated heterocycles. The van der Waals surface area contributed by atoms with Crippen LogP contribution in [0.25, 0.3) is 0 Å². The Morgan fingerprint density at radius 2 is 1.61 bits per heavy atom. The molecule has 0 aliphatic carbocycles. The van der Waals surface area contributed by atoms with Crippen LogP contribution in [0, 0.1) is 12.3 Å². The number of para-hydroxylation sites is 2. The third kappa shape index (κ3) is 5.84. The number of aliphatic imine (C=N–C) groups is 1. The zero-order valence-corrected chi connectivity index (χ0v) is 17.6. The number of hydrogen-bond acceptors (Lipinski definition) is 5. The summed E-state index contributed by atoms with van der Waals surface area (Å²) in [6, 6.07) is 19.5. The number of amides is 1. The molecule has 31 heavy (non-hydrogen) atoms. The Morgan fingerprint density at radius 1 is 1.06 bits per heavy atom. The van der Waals surface area contributed by atoms with Crippen LogP contribution in [0.2, 0.25) is 0 Å². The van der Waals surface area contributed by atoms with Gasteiger partial charge >= 0.3 is 0 Å². The fourth-order valence-electron chi connectivity index (χ4n) is 2.76. The molecule has 2 aromatic carbocycles.